The van der Waals surface area contributed by atoms with E-state index in [-0.39, 0.29) is 5.69 Å². The number of hydrogen-bond donors (Lipinski definition) is 0. The SMILES string of the molecule is C=CCC.CC.CC.CC.Cc1ccc(N(c2ccccc2)c2cc(N(c3ccc(S(C)(C)C)cc3)c3ccc4c5ccccc5n(-c5ccccc5)c4c3)ccc2OS(=O)(=O)C(F)(F)F)cc1. The minimum Gasteiger partial charge on any atom is -0.374 e. The quantitative estimate of drug-likeness (QED) is 0.0734. The summed E-state index contributed by atoms with van der Waals surface area (Å²) in [6.07, 6.45) is 9.62. The number of hydrogen-bond acceptors (Lipinski definition) is 5. The Morgan fingerprint density at radius 3 is 1.59 bits per heavy atom. The van der Waals surface area contributed by atoms with E-state index in [0.29, 0.717) is 17.1 Å². The molecule has 0 unspecified atom stereocenters. The van der Waals surface area contributed by atoms with Gasteiger partial charge in [0.25, 0.3) is 0 Å². The van der Waals surface area contributed by atoms with Crippen molar-refractivity contribution in [2.45, 2.75) is 72.2 Å². The number of aryl methyl sites for hydroxylation is 1. The van der Waals surface area contributed by atoms with Gasteiger partial charge in [-0.2, -0.15) is 21.6 Å². The van der Waals surface area contributed by atoms with Gasteiger partial charge in [0.2, 0.25) is 0 Å². The average molecular weight is 962 g/mol. The Bertz CT molecular complexity index is 2930. The van der Waals surface area contributed by atoms with E-state index in [4.69, 9.17) is 4.18 Å². The molecule has 11 heteroatoms. The third kappa shape index (κ3) is 12.6. The normalized spacial score (nSPS) is 11.3. The van der Waals surface area contributed by atoms with Crippen molar-refractivity contribution in [2.24, 2.45) is 0 Å². The lowest BCUT2D eigenvalue weighted by atomic mass is 10.1. The monoisotopic (exact) mass is 961 g/mol. The summed E-state index contributed by atoms with van der Waals surface area (Å²) in [6, 6.07) is 53.9. The molecular formula is C57H66F3N3O3S2. The van der Waals surface area contributed by atoms with Gasteiger partial charge in [-0.3, -0.25) is 0 Å². The number of halogens is 3. The van der Waals surface area contributed by atoms with Gasteiger partial charge in [0.15, 0.2) is 5.75 Å². The van der Waals surface area contributed by atoms with E-state index in [1.165, 1.54) is 11.0 Å². The fraction of sp³-hybridized carbons (Fsp3) is 0.228. The Kier molecular flexibility index (Phi) is 19.6. The van der Waals surface area contributed by atoms with Crippen LogP contribution in [0.25, 0.3) is 27.5 Å². The van der Waals surface area contributed by atoms with Gasteiger partial charge in [-0.1, -0.05) is 133 Å². The van der Waals surface area contributed by atoms with Crippen molar-refractivity contribution in [2.75, 3.05) is 28.6 Å². The highest BCUT2D eigenvalue weighted by atomic mass is 32.3. The maximum atomic E-state index is 13.9. The zero-order chi connectivity index (χ0) is 50.2. The molecule has 1 heterocycles. The molecule has 8 aromatic rings. The summed E-state index contributed by atoms with van der Waals surface area (Å²) in [5.41, 5.74) is 1.65. The second-order valence-electron chi connectivity index (χ2n) is 15.4. The largest absolute Gasteiger partial charge is 0.534 e. The molecule has 8 rings (SSSR count). The molecule has 0 atom stereocenters. The molecule has 0 aliphatic carbocycles. The molecule has 360 valence electrons. The van der Waals surface area contributed by atoms with Gasteiger partial charge in [-0.15, -0.1) is 6.58 Å². The number of alkyl halides is 3. The Morgan fingerprint density at radius 2 is 1.03 bits per heavy atom. The van der Waals surface area contributed by atoms with E-state index >= 15 is 0 Å². The maximum Gasteiger partial charge on any atom is 0.534 e. The zero-order valence-corrected chi connectivity index (χ0v) is 42.8. The minimum atomic E-state index is -6.04. The topological polar surface area (TPSA) is 54.8 Å². The molecule has 1 aromatic heterocycles. The first-order valence-electron chi connectivity index (χ1n) is 23.0. The Hall–Kier alpha value is -6.43. The van der Waals surface area contributed by atoms with Crippen LogP contribution < -0.4 is 14.0 Å². The number of para-hydroxylation sites is 3. The number of allylic oxidation sites excluding steroid dienone is 1. The minimum absolute atomic E-state index is 0.0839. The molecule has 0 saturated heterocycles. The van der Waals surface area contributed by atoms with Crippen LogP contribution in [-0.4, -0.2) is 37.3 Å². The van der Waals surface area contributed by atoms with E-state index in [0.717, 1.165) is 50.9 Å². The van der Waals surface area contributed by atoms with Crippen LogP contribution >= 0.6 is 10.0 Å². The van der Waals surface area contributed by atoms with Gasteiger partial charge in [0.05, 0.1) is 16.7 Å². The van der Waals surface area contributed by atoms with Gasteiger partial charge in [0, 0.05) is 44.9 Å². The van der Waals surface area contributed by atoms with E-state index in [9.17, 15) is 21.6 Å². The molecule has 0 radical (unpaired) electrons. The highest BCUT2D eigenvalue weighted by molar-refractivity contribution is 8.32. The number of rotatable bonds is 11. The molecule has 0 aliphatic heterocycles. The van der Waals surface area contributed by atoms with Crippen molar-refractivity contribution >= 4 is 76.1 Å². The summed E-state index contributed by atoms with van der Waals surface area (Å²) < 4.78 is 74.3. The Labute approximate surface area is 404 Å². The summed E-state index contributed by atoms with van der Waals surface area (Å²) in [4.78, 5) is 4.93. The van der Waals surface area contributed by atoms with Crippen molar-refractivity contribution in [1.29, 1.82) is 0 Å². The zero-order valence-electron chi connectivity index (χ0n) is 41.2. The molecule has 6 nitrogen and oxygen atoms in total. The van der Waals surface area contributed by atoms with E-state index < -0.39 is 31.4 Å². The van der Waals surface area contributed by atoms with Gasteiger partial charge in [-0.05, 0) is 134 Å². The van der Waals surface area contributed by atoms with Gasteiger partial charge in [-0.25, -0.2) is 10.0 Å². The van der Waals surface area contributed by atoms with Gasteiger partial charge < -0.3 is 18.6 Å². The summed E-state index contributed by atoms with van der Waals surface area (Å²) in [5, 5.41) is 2.13. The van der Waals surface area contributed by atoms with Crippen molar-refractivity contribution in [3.05, 3.63) is 188 Å². The van der Waals surface area contributed by atoms with Crippen LogP contribution in [0, 0.1) is 6.92 Å². The lowest BCUT2D eigenvalue weighted by molar-refractivity contribution is -0.0499. The Morgan fingerprint density at radius 1 is 0.574 bits per heavy atom. The third-order valence-corrected chi connectivity index (χ3v) is 12.9. The number of aromatic nitrogens is 1. The molecule has 0 saturated carbocycles. The Balaban J connectivity index is 0.000000936. The highest BCUT2D eigenvalue weighted by Crippen LogP contribution is 2.49. The second-order valence-corrected chi connectivity index (χ2v) is 21.1. The fourth-order valence-electron chi connectivity index (χ4n) is 7.16. The predicted molar refractivity (Wildman–Crippen MR) is 289 cm³/mol. The molecule has 0 aliphatic rings. The third-order valence-electron chi connectivity index (χ3n) is 10.3. The lowest BCUT2D eigenvalue weighted by Gasteiger charge is -2.31. The van der Waals surface area contributed by atoms with Crippen molar-refractivity contribution < 1.29 is 25.8 Å². The van der Waals surface area contributed by atoms with Crippen LogP contribution in [0.1, 0.15) is 60.5 Å². The number of fused-ring (bicyclic) bond motifs is 3. The first-order chi connectivity index (χ1) is 32.6. The summed E-state index contributed by atoms with van der Waals surface area (Å²) in [7, 11) is -7.11. The average Bonchev–Trinajstić information content (AvgIpc) is 3.69. The van der Waals surface area contributed by atoms with Crippen LogP contribution in [0.3, 0.4) is 0 Å². The first kappa shape index (κ1) is 54.2. The number of anilines is 6. The molecule has 0 bridgehead atoms. The highest BCUT2D eigenvalue weighted by Gasteiger charge is 2.49. The van der Waals surface area contributed by atoms with E-state index in [1.54, 1.807) is 41.3 Å². The second kappa shape index (κ2) is 24.5. The van der Waals surface area contributed by atoms with Crippen molar-refractivity contribution in [3.8, 4) is 11.4 Å². The van der Waals surface area contributed by atoms with Crippen molar-refractivity contribution in [3.63, 3.8) is 0 Å². The molecule has 68 heavy (non-hydrogen) atoms. The molecule has 0 amide bonds. The first-order valence-corrected chi connectivity index (χ1v) is 27.2. The number of nitrogens with zero attached hydrogens (tertiary/aromatic N) is 3. The molecule has 0 spiro atoms. The van der Waals surface area contributed by atoms with Crippen LogP contribution in [0.15, 0.2) is 187 Å². The molecule has 0 fully saturated rings. The fourth-order valence-corrected chi connectivity index (χ4v) is 8.58. The summed E-state index contributed by atoms with van der Waals surface area (Å²) in [6.45, 7) is 19.5. The smallest absolute Gasteiger partial charge is 0.374 e. The van der Waals surface area contributed by atoms with Gasteiger partial charge >= 0.3 is 15.6 Å². The van der Waals surface area contributed by atoms with Crippen LogP contribution in [0.2, 0.25) is 0 Å². The maximum absolute atomic E-state index is 13.9. The van der Waals surface area contributed by atoms with Crippen LogP contribution in [0.4, 0.5) is 47.3 Å². The lowest BCUT2D eigenvalue weighted by Crippen LogP contribution is -2.28. The predicted octanol–water partition coefficient (Wildman–Crippen LogP) is 18.0. The van der Waals surface area contributed by atoms with E-state index in [1.807, 2.05) is 138 Å². The standard InChI is InChI=1S/C47H40F3N3O3S2.C4H8.3C2H6/c1-33-19-21-37(22-20-33)52(34-13-7-5-8-14-34)45-32-39(26-30-46(45)56-58(54,55)47(48,49)50)51(36-23-27-40(28-24-36)57(2,3)4)38-25-29-42-41-17-11-12-18-43(41)53(44(42)31-38)35-15-9-6-10-16-35;1-3-4-2;3*1-2/h5-32H,1-4H3;3H,1,4H2,2H3;3*1-2H3. The van der Waals surface area contributed by atoms with Crippen molar-refractivity contribution in [1.82, 2.24) is 4.57 Å². The summed E-state index contributed by atoms with van der Waals surface area (Å²) in [5.74, 6) is -0.489. The molecule has 7 aromatic carbocycles. The van der Waals surface area contributed by atoms with E-state index in [2.05, 4.69) is 85.4 Å². The summed E-state index contributed by atoms with van der Waals surface area (Å²) >= 11 is 0. The van der Waals surface area contributed by atoms with Crippen LogP contribution in [-0.2, 0) is 10.1 Å². The molecular weight excluding hydrogens is 896 g/mol. The number of benzene rings is 7. The van der Waals surface area contributed by atoms with Crippen LogP contribution in [0.5, 0.6) is 5.75 Å². The van der Waals surface area contributed by atoms with Gasteiger partial charge in [0.1, 0.15) is 0 Å². The molecule has 0 N–H and O–H groups in total.